The molecule has 3 aromatic rings. The van der Waals surface area contributed by atoms with Crippen molar-refractivity contribution in [2.75, 3.05) is 30.8 Å². The van der Waals surface area contributed by atoms with Crippen molar-refractivity contribution in [2.45, 2.75) is 18.8 Å². The fraction of sp³-hybridized carbons (Fsp3) is 0.286. The molecule has 2 N–H and O–H groups in total. The third-order valence-corrected chi connectivity index (χ3v) is 5.08. The highest BCUT2D eigenvalue weighted by atomic mass is 19.3. The molecule has 0 aliphatic carbocycles. The highest BCUT2D eigenvalue weighted by Crippen LogP contribution is 2.37. The van der Waals surface area contributed by atoms with Crippen molar-refractivity contribution in [3.63, 3.8) is 0 Å². The summed E-state index contributed by atoms with van der Waals surface area (Å²) >= 11 is 0. The second-order valence-electron chi connectivity index (χ2n) is 7.18. The van der Waals surface area contributed by atoms with Crippen molar-refractivity contribution in [1.29, 1.82) is 5.26 Å². The van der Waals surface area contributed by atoms with Gasteiger partial charge in [0, 0.05) is 42.7 Å². The number of benzene rings is 1. The van der Waals surface area contributed by atoms with Gasteiger partial charge in [-0.25, -0.2) is 18.7 Å². The first kappa shape index (κ1) is 19.6. The van der Waals surface area contributed by atoms with E-state index in [0.717, 1.165) is 0 Å². The van der Waals surface area contributed by atoms with Crippen LogP contribution in [0.3, 0.4) is 0 Å². The summed E-state index contributed by atoms with van der Waals surface area (Å²) in [5.74, 6) is -1.67. The Kier molecular flexibility index (Phi) is 4.99. The molecule has 30 heavy (non-hydrogen) atoms. The molecule has 1 aliphatic rings. The zero-order chi connectivity index (χ0) is 21.3. The summed E-state index contributed by atoms with van der Waals surface area (Å²) in [5.41, 5.74) is 8.09. The van der Waals surface area contributed by atoms with Crippen LogP contribution < -0.4 is 15.4 Å². The molecule has 0 amide bonds. The minimum Gasteiger partial charge on any atom is -0.497 e. The lowest BCUT2D eigenvalue weighted by molar-refractivity contribution is -0.0116. The van der Waals surface area contributed by atoms with Crippen LogP contribution in [0.4, 0.5) is 20.3 Å². The van der Waals surface area contributed by atoms with Crippen molar-refractivity contribution < 1.29 is 13.5 Å². The van der Waals surface area contributed by atoms with E-state index in [2.05, 4.69) is 16.0 Å². The van der Waals surface area contributed by atoms with Gasteiger partial charge in [0.25, 0.3) is 5.92 Å². The molecule has 0 radical (unpaired) electrons. The van der Waals surface area contributed by atoms with Gasteiger partial charge >= 0.3 is 0 Å². The Bertz CT molecular complexity index is 1110. The van der Waals surface area contributed by atoms with Gasteiger partial charge in [-0.1, -0.05) is 0 Å². The number of halogens is 2. The molecule has 1 aromatic carbocycles. The average Bonchev–Trinajstić information content (AvgIpc) is 3.26. The van der Waals surface area contributed by atoms with Crippen LogP contribution in [-0.4, -0.2) is 40.7 Å². The molecule has 0 spiro atoms. The zero-order valence-electron chi connectivity index (χ0n) is 16.3. The molecular weight excluding hydrogens is 390 g/mol. The lowest BCUT2D eigenvalue weighted by Crippen LogP contribution is -2.42. The number of pyridine rings is 1. The smallest absolute Gasteiger partial charge is 0.265 e. The molecule has 2 aromatic heterocycles. The van der Waals surface area contributed by atoms with Gasteiger partial charge in [0.1, 0.15) is 29.5 Å². The van der Waals surface area contributed by atoms with Crippen LogP contribution in [0.1, 0.15) is 18.4 Å². The van der Waals surface area contributed by atoms with E-state index in [1.807, 2.05) is 0 Å². The van der Waals surface area contributed by atoms with Crippen molar-refractivity contribution >= 4 is 11.5 Å². The van der Waals surface area contributed by atoms with Crippen molar-refractivity contribution in [3.8, 4) is 28.8 Å². The average molecular weight is 410 g/mol. The molecule has 154 valence electrons. The SMILES string of the molecule is COc1cc(-c2cc(N)nc(-n3ccnc3)c2C#N)cc(N2CCCC(F)(F)C2)c1. The molecule has 1 fully saturated rings. The minimum atomic E-state index is -2.74. The van der Waals surface area contributed by atoms with E-state index in [1.165, 1.54) is 13.4 Å². The summed E-state index contributed by atoms with van der Waals surface area (Å²) < 4.78 is 35.0. The maximum atomic E-state index is 14.0. The Morgan fingerprint density at radius 2 is 2.10 bits per heavy atom. The number of aromatic nitrogens is 3. The first-order valence-corrected chi connectivity index (χ1v) is 9.41. The topological polar surface area (TPSA) is 93.0 Å². The fourth-order valence-electron chi connectivity index (χ4n) is 3.69. The molecule has 1 aliphatic heterocycles. The van der Waals surface area contributed by atoms with Crippen LogP contribution >= 0.6 is 0 Å². The second kappa shape index (κ2) is 7.63. The first-order valence-electron chi connectivity index (χ1n) is 9.41. The molecule has 0 unspecified atom stereocenters. The largest absolute Gasteiger partial charge is 0.497 e. The fourth-order valence-corrected chi connectivity index (χ4v) is 3.69. The summed E-state index contributed by atoms with van der Waals surface area (Å²) in [6.45, 7) is 0.162. The lowest BCUT2D eigenvalue weighted by Gasteiger charge is -2.34. The Labute approximate surface area is 172 Å². The predicted molar refractivity (Wildman–Crippen MR) is 109 cm³/mol. The molecular formula is C21H20F2N6O. The Hall–Kier alpha value is -3.67. The molecule has 3 heterocycles. The third kappa shape index (κ3) is 3.76. The molecule has 1 saturated heterocycles. The molecule has 4 rings (SSSR count). The van der Waals surface area contributed by atoms with E-state index < -0.39 is 5.92 Å². The molecule has 7 nitrogen and oxygen atoms in total. The number of nitriles is 1. The number of ether oxygens (including phenoxy) is 1. The zero-order valence-corrected chi connectivity index (χ0v) is 16.3. The number of imidazole rings is 1. The van der Waals surface area contributed by atoms with E-state index in [-0.39, 0.29) is 18.8 Å². The maximum Gasteiger partial charge on any atom is 0.265 e. The normalized spacial score (nSPS) is 15.6. The molecule has 0 saturated carbocycles. The van der Waals surface area contributed by atoms with Gasteiger partial charge in [0.05, 0.1) is 13.7 Å². The predicted octanol–water partition coefficient (Wildman–Crippen LogP) is 3.63. The van der Waals surface area contributed by atoms with Gasteiger partial charge in [0.2, 0.25) is 0 Å². The third-order valence-electron chi connectivity index (χ3n) is 5.08. The first-order chi connectivity index (χ1) is 14.4. The maximum absolute atomic E-state index is 14.0. The number of nitrogens with two attached hydrogens (primary N) is 1. The van der Waals surface area contributed by atoms with E-state index in [1.54, 1.807) is 46.1 Å². The van der Waals surface area contributed by atoms with Gasteiger partial charge in [-0.15, -0.1) is 0 Å². The number of nitrogen functional groups attached to an aromatic ring is 1. The van der Waals surface area contributed by atoms with Gasteiger partial charge in [-0.3, -0.25) is 4.57 Å². The van der Waals surface area contributed by atoms with Gasteiger partial charge in [-0.2, -0.15) is 5.26 Å². The van der Waals surface area contributed by atoms with Crippen LogP contribution in [0.5, 0.6) is 5.75 Å². The highest BCUT2D eigenvalue weighted by Gasteiger charge is 2.35. The van der Waals surface area contributed by atoms with Crippen LogP contribution in [0.15, 0.2) is 43.0 Å². The number of anilines is 2. The van der Waals surface area contributed by atoms with Crippen LogP contribution in [-0.2, 0) is 0 Å². The van der Waals surface area contributed by atoms with Crippen molar-refractivity contribution in [1.82, 2.24) is 14.5 Å². The van der Waals surface area contributed by atoms with E-state index >= 15 is 0 Å². The number of hydrogen-bond donors (Lipinski definition) is 1. The van der Waals surface area contributed by atoms with Gasteiger partial charge in [0.15, 0.2) is 5.82 Å². The summed E-state index contributed by atoms with van der Waals surface area (Å²) in [5, 5.41) is 9.86. The number of rotatable bonds is 4. The second-order valence-corrected chi connectivity index (χ2v) is 7.18. The van der Waals surface area contributed by atoms with Crippen molar-refractivity contribution in [2.24, 2.45) is 0 Å². The van der Waals surface area contributed by atoms with E-state index in [0.29, 0.717) is 46.9 Å². The van der Waals surface area contributed by atoms with Gasteiger partial charge in [-0.05, 0) is 30.2 Å². The van der Waals surface area contributed by atoms with E-state index in [9.17, 15) is 14.0 Å². The van der Waals surface area contributed by atoms with Crippen LogP contribution in [0.2, 0.25) is 0 Å². The number of piperidine rings is 1. The quantitative estimate of drug-likeness (QED) is 0.706. The summed E-state index contributed by atoms with van der Waals surface area (Å²) in [4.78, 5) is 9.92. The summed E-state index contributed by atoms with van der Waals surface area (Å²) in [7, 11) is 1.51. The summed E-state index contributed by atoms with van der Waals surface area (Å²) in [6, 6.07) is 9.03. The summed E-state index contributed by atoms with van der Waals surface area (Å²) in [6.07, 6.45) is 5.05. The standard InChI is InChI=1S/C21H20F2N6O/c1-30-16-8-14(7-15(9-16)28-5-2-3-21(22,23)12-28)17-10-19(25)27-20(18(17)11-24)29-6-4-26-13-29/h4,6-10,13H,2-3,5,12H2,1H3,(H2,25,27). The number of hydrogen-bond acceptors (Lipinski definition) is 6. The van der Waals surface area contributed by atoms with Gasteiger partial charge < -0.3 is 15.4 Å². The van der Waals surface area contributed by atoms with Crippen LogP contribution in [0, 0.1) is 11.3 Å². The number of methoxy groups -OCH3 is 1. The molecule has 0 atom stereocenters. The monoisotopic (exact) mass is 410 g/mol. The Morgan fingerprint density at radius 1 is 1.27 bits per heavy atom. The minimum absolute atomic E-state index is 0.117. The molecule has 9 heteroatoms. The highest BCUT2D eigenvalue weighted by molar-refractivity contribution is 5.79. The van der Waals surface area contributed by atoms with Crippen molar-refractivity contribution in [3.05, 3.63) is 48.5 Å². The Morgan fingerprint density at radius 3 is 2.77 bits per heavy atom. The van der Waals surface area contributed by atoms with E-state index in [4.69, 9.17) is 10.5 Å². The van der Waals surface area contributed by atoms with Crippen LogP contribution in [0.25, 0.3) is 16.9 Å². The number of nitrogens with zero attached hydrogens (tertiary/aromatic N) is 5. The Balaban J connectivity index is 1.86. The number of alkyl halides is 2. The molecule has 0 bridgehead atoms. The lowest BCUT2D eigenvalue weighted by atomic mass is 9.99.